The zero-order valence-electron chi connectivity index (χ0n) is 10.3. The van der Waals surface area contributed by atoms with Gasteiger partial charge in [-0.2, -0.15) is 5.26 Å². The molecule has 0 spiro atoms. The molecule has 0 amide bonds. The van der Waals surface area contributed by atoms with E-state index in [-0.39, 0.29) is 5.69 Å². The van der Waals surface area contributed by atoms with E-state index in [0.29, 0.717) is 18.5 Å². The van der Waals surface area contributed by atoms with E-state index in [4.69, 9.17) is 10.4 Å². The molecule has 5 nitrogen and oxygen atoms in total. The van der Waals surface area contributed by atoms with Gasteiger partial charge in [0.05, 0.1) is 10.6 Å². The van der Waals surface area contributed by atoms with E-state index in [0.717, 1.165) is 15.2 Å². The van der Waals surface area contributed by atoms with E-state index in [2.05, 4.69) is 32.3 Å². The van der Waals surface area contributed by atoms with Gasteiger partial charge in [0.2, 0.25) is 0 Å². The second-order valence-electron chi connectivity index (χ2n) is 3.91. The van der Waals surface area contributed by atoms with Crippen molar-refractivity contribution in [1.29, 1.82) is 5.26 Å². The van der Waals surface area contributed by atoms with Gasteiger partial charge in [-0.05, 0) is 34.1 Å². The lowest BCUT2D eigenvalue weighted by atomic mass is 10.2. The van der Waals surface area contributed by atoms with Gasteiger partial charge in [0.25, 0.3) is 0 Å². The third-order valence-electron chi connectivity index (χ3n) is 2.53. The fourth-order valence-corrected chi connectivity index (χ4v) is 2.79. The molecule has 0 bridgehead atoms. The van der Waals surface area contributed by atoms with E-state index >= 15 is 0 Å². The van der Waals surface area contributed by atoms with Crippen LogP contribution in [0.5, 0.6) is 0 Å². The number of nitrogens with zero attached hydrogens (tertiary/aromatic N) is 2. The summed E-state index contributed by atoms with van der Waals surface area (Å²) >= 11 is 4.66. The Morgan fingerprint density at radius 3 is 2.95 bits per heavy atom. The second-order valence-corrected chi connectivity index (χ2v) is 5.71. The number of carbonyl (C=O) groups is 1. The molecular formula is C13H10BrN3O2S. The summed E-state index contributed by atoms with van der Waals surface area (Å²) < 4.78 is 0.743. The molecule has 0 saturated carbocycles. The number of aromatic carboxylic acids is 1. The molecule has 0 saturated heterocycles. The molecule has 2 N–H and O–H groups in total. The number of carboxylic acids is 1. The Hall–Kier alpha value is -1.91. The first-order chi connectivity index (χ1) is 9.60. The third-order valence-corrected chi connectivity index (χ3v) is 4.09. The number of hydrogen-bond acceptors (Lipinski definition) is 5. The highest BCUT2D eigenvalue weighted by atomic mass is 79.9. The predicted octanol–water partition coefficient (Wildman–Crippen LogP) is 3.13. The summed E-state index contributed by atoms with van der Waals surface area (Å²) in [7, 11) is 0. The van der Waals surface area contributed by atoms with Gasteiger partial charge in [0, 0.05) is 28.5 Å². The molecule has 0 aliphatic heterocycles. The average Bonchev–Trinajstić information content (AvgIpc) is 2.88. The zero-order chi connectivity index (χ0) is 14.5. The first-order valence-electron chi connectivity index (χ1n) is 5.71. The molecular weight excluding hydrogens is 342 g/mol. The largest absolute Gasteiger partial charge is 0.476 e. The third kappa shape index (κ3) is 3.56. The molecule has 1 heterocycles. The van der Waals surface area contributed by atoms with Crippen LogP contribution in [0.15, 0.2) is 28.1 Å². The van der Waals surface area contributed by atoms with Gasteiger partial charge in [-0.3, -0.25) is 0 Å². The Labute approximate surface area is 128 Å². The number of hydrogen-bond donors (Lipinski definition) is 2. The fourth-order valence-electron chi connectivity index (χ4n) is 1.55. The molecule has 2 rings (SSSR count). The minimum Gasteiger partial charge on any atom is -0.476 e. The van der Waals surface area contributed by atoms with Crippen LogP contribution in [0.4, 0.5) is 5.69 Å². The number of carboxylic acid groups (broad SMARTS) is 1. The molecule has 0 atom stereocenters. The Morgan fingerprint density at radius 1 is 1.55 bits per heavy atom. The van der Waals surface area contributed by atoms with Crippen LogP contribution in [0.2, 0.25) is 0 Å². The Morgan fingerprint density at radius 2 is 2.35 bits per heavy atom. The summed E-state index contributed by atoms with van der Waals surface area (Å²) in [6.07, 6.45) is 0.648. The summed E-state index contributed by atoms with van der Waals surface area (Å²) in [5, 5.41) is 23.1. The minimum absolute atomic E-state index is 0.0890. The summed E-state index contributed by atoms with van der Waals surface area (Å²) in [5.74, 6) is -1.00. The van der Waals surface area contributed by atoms with Crippen LogP contribution in [-0.2, 0) is 6.42 Å². The molecule has 0 unspecified atom stereocenters. The summed E-state index contributed by atoms with van der Waals surface area (Å²) in [4.78, 5) is 14.7. The lowest BCUT2D eigenvalue weighted by Crippen LogP contribution is -2.05. The SMILES string of the molecule is N#Cc1ccc(NCCc2nc(C(=O)O)cs2)cc1Br. The van der Waals surface area contributed by atoms with Gasteiger partial charge in [-0.1, -0.05) is 0 Å². The monoisotopic (exact) mass is 351 g/mol. The summed E-state index contributed by atoms with van der Waals surface area (Å²) in [6, 6.07) is 7.48. The maximum atomic E-state index is 10.7. The van der Waals surface area contributed by atoms with E-state index in [9.17, 15) is 4.79 Å². The first-order valence-corrected chi connectivity index (χ1v) is 7.38. The van der Waals surface area contributed by atoms with Crippen LogP contribution in [0.1, 0.15) is 21.1 Å². The average molecular weight is 352 g/mol. The highest BCUT2D eigenvalue weighted by molar-refractivity contribution is 9.10. The van der Waals surface area contributed by atoms with Crippen molar-refractivity contribution in [1.82, 2.24) is 4.98 Å². The maximum Gasteiger partial charge on any atom is 0.355 e. The van der Waals surface area contributed by atoms with Crippen LogP contribution in [0.25, 0.3) is 0 Å². The summed E-state index contributed by atoms with van der Waals surface area (Å²) in [6.45, 7) is 0.644. The lowest BCUT2D eigenvalue weighted by molar-refractivity contribution is 0.0691. The van der Waals surface area contributed by atoms with Crippen LogP contribution in [0, 0.1) is 11.3 Å². The van der Waals surface area contributed by atoms with E-state index in [1.165, 1.54) is 16.7 Å². The van der Waals surface area contributed by atoms with Gasteiger partial charge >= 0.3 is 5.97 Å². The zero-order valence-corrected chi connectivity index (χ0v) is 12.7. The number of nitrogens with one attached hydrogen (secondary N) is 1. The highest BCUT2D eigenvalue weighted by Gasteiger charge is 2.08. The van der Waals surface area contributed by atoms with Crippen LogP contribution < -0.4 is 5.32 Å². The van der Waals surface area contributed by atoms with Crippen LogP contribution >= 0.6 is 27.3 Å². The van der Waals surface area contributed by atoms with E-state index in [1.807, 2.05) is 12.1 Å². The molecule has 1 aromatic heterocycles. The number of halogens is 1. The molecule has 0 aliphatic carbocycles. The van der Waals surface area contributed by atoms with Crippen molar-refractivity contribution in [2.24, 2.45) is 0 Å². The van der Waals surface area contributed by atoms with Crippen molar-refractivity contribution in [2.45, 2.75) is 6.42 Å². The van der Waals surface area contributed by atoms with Gasteiger partial charge in [0.1, 0.15) is 6.07 Å². The Bertz CT molecular complexity index is 678. The van der Waals surface area contributed by atoms with Crippen molar-refractivity contribution >= 4 is 38.9 Å². The van der Waals surface area contributed by atoms with Gasteiger partial charge in [0.15, 0.2) is 5.69 Å². The van der Waals surface area contributed by atoms with Crippen LogP contribution in [0.3, 0.4) is 0 Å². The van der Waals surface area contributed by atoms with Gasteiger partial charge < -0.3 is 10.4 Å². The molecule has 0 aliphatic rings. The van der Waals surface area contributed by atoms with Gasteiger partial charge in [-0.25, -0.2) is 9.78 Å². The number of rotatable bonds is 5. The number of benzene rings is 1. The van der Waals surface area contributed by atoms with Crippen molar-refractivity contribution in [3.05, 3.63) is 44.3 Å². The minimum atomic E-state index is -1.00. The first kappa shape index (κ1) is 14.5. The van der Waals surface area contributed by atoms with Crippen molar-refractivity contribution in [3.8, 4) is 6.07 Å². The second kappa shape index (κ2) is 6.50. The number of anilines is 1. The van der Waals surface area contributed by atoms with Crippen molar-refractivity contribution in [2.75, 3.05) is 11.9 Å². The highest BCUT2D eigenvalue weighted by Crippen LogP contribution is 2.21. The lowest BCUT2D eigenvalue weighted by Gasteiger charge is -2.06. The molecule has 2 aromatic rings. The predicted molar refractivity (Wildman–Crippen MR) is 80.1 cm³/mol. The maximum absolute atomic E-state index is 10.7. The summed E-state index contributed by atoms with van der Waals surface area (Å²) in [5.41, 5.74) is 1.57. The molecule has 20 heavy (non-hydrogen) atoms. The standard InChI is InChI=1S/C13H10BrN3O2S/c14-10-5-9(2-1-8(10)6-15)16-4-3-12-17-11(7-20-12)13(18)19/h1-2,5,7,16H,3-4H2,(H,18,19). The Kier molecular flexibility index (Phi) is 4.71. The smallest absolute Gasteiger partial charge is 0.355 e. The molecule has 0 fully saturated rings. The van der Waals surface area contributed by atoms with Crippen molar-refractivity contribution in [3.63, 3.8) is 0 Å². The molecule has 0 radical (unpaired) electrons. The number of thiazole rings is 1. The molecule has 7 heteroatoms. The topological polar surface area (TPSA) is 86.0 Å². The quantitative estimate of drug-likeness (QED) is 0.864. The van der Waals surface area contributed by atoms with E-state index < -0.39 is 5.97 Å². The Balaban J connectivity index is 1.91. The fraction of sp³-hybridized carbons (Fsp3) is 0.154. The van der Waals surface area contributed by atoms with Crippen molar-refractivity contribution < 1.29 is 9.90 Å². The number of aromatic nitrogens is 1. The molecule has 102 valence electrons. The van der Waals surface area contributed by atoms with Crippen LogP contribution in [-0.4, -0.2) is 22.6 Å². The normalized spacial score (nSPS) is 10.0. The molecule has 1 aromatic carbocycles. The van der Waals surface area contributed by atoms with Gasteiger partial charge in [-0.15, -0.1) is 11.3 Å². The van der Waals surface area contributed by atoms with E-state index in [1.54, 1.807) is 6.07 Å². The number of nitriles is 1.